The number of alkyl halides is 3. The number of allylic oxidation sites excluding steroid dienone is 3. The number of nitrogens with zero attached hydrogens (tertiary/aromatic N) is 4. The molecule has 3 heterocycles. The van der Waals surface area contributed by atoms with Crippen molar-refractivity contribution in [2.24, 2.45) is 4.99 Å². The summed E-state index contributed by atoms with van der Waals surface area (Å²) in [6.07, 6.45) is -3.27. The van der Waals surface area contributed by atoms with E-state index in [0.717, 1.165) is 18.2 Å². The molecule has 192 valence electrons. The van der Waals surface area contributed by atoms with Gasteiger partial charge in [0.05, 0.1) is 12.1 Å². The number of aromatic nitrogens is 2. The van der Waals surface area contributed by atoms with Crippen molar-refractivity contribution in [3.8, 4) is 11.6 Å². The summed E-state index contributed by atoms with van der Waals surface area (Å²) in [6.45, 7) is 4.56. The number of benzene rings is 1. The van der Waals surface area contributed by atoms with Gasteiger partial charge in [0.25, 0.3) is 0 Å². The molecule has 2 aliphatic heterocycles. The monoisotopic (exact) mass is 512 g/mol. The quantitative estimate of drug-likeness (QED) is 0.265. The maximum absolute atomic E-state index is 14.6. The largest absolute Gasteiger partial charge is 0.473 e. The number of rotatable bonds is 7. The zero-order chi connectivity index (χ0) is 26.2. The Kier molecular flexibility index (Phi) is 6.85. The fraction of sp³-hybridized carbons (Fsp3) is 0.348. The van der Waals surface area contributed by atoms with Gasteiger partial charge in [-0.25, -0.2) is 13.6 Å². The Labute approximate surface area is 201 Å². The van der Waals surface area contributed by atoms with Gasteiger partial charge in [-0.05, 0) is 43.8 Å². The Morgan fingerprint density at radius 2 is 1.97 bits per heavy atom. The van der Waals surface area contributed by atoms with Crippen LogP contribution >= 0.6 is 0 Å². The van der Waals surface area contributed by atoms with Gasteiger partial charge in [0.15, 0.2) is 17.4 Å². The summed E-state index contributed by atoms with van der Waals surface area (Å²) < 4.78 is 79.8. The normalized spacial score (nSPS) is 19.8. The van der Waals surface area contributed by atoms with Crippen molar-refractivity contribution in [1.82, 2.24) is 9.55 Å². The Balaban J connectivity index is 1.49. The van der Waals surface area contributed by atoms with Crippen LogP contribution in [0.1, 0.15) is 18.9 Å². The highest BCUT2D eigenvalue weighted by Gasteiger charge is 2.38. The third kappa shape index (κ3) is 5.10. The average molecular weight is 512 g/mol. The number of aliphatic hydroxyl groups excluding tert-OH is 1. The maximum atomic E-state index is 14.6. The van der Waals surface area contributed by atoms with Crippen molar-refractivity contribution >= 4 is 12.5 Å². The highest BCUT2D eigenvalue weighted by Crippen LogP contribution is 2.34. The third-order valence-corrected chi connectivity index (χ3v) is 5.73. The highest BCUT2D eigenvalue weighted by atomic mass is 19.4. The van der Waals surface area contributed by atoms with E-state index in [1.54, 1.807) is 0 Å². The van der Waals surface area contributed by atoms with E-state index >= 15 is 0 Å². The van der Waals surface area contributed by atoms with E-state index in [1.807, 2.05) is 4.90 Å². The molecule has 0 saturated carbocycles. The molecular weight excluding hydrogens is 491 g/mol. The second kappa shape index (κ2) is 9.72. The van der Waals surface area contributed by atoms with Crippen molar-refractivity contribution in [3.05, 3.63) is 69.5 Å². The number of hydrogen-bond donors (Lipinski definition) is 1. The van der Waals surface area contributed by atoms with E-state index < -0.39 is 46.8 Å². The predicted octanol–water partition coefficient (Wildman–Crippen LogP) is 3.48. The molecule has 2 aliphatic rings. The van der Waals surface area contributed by atoms with Crippen molar-refractivity contribution in [3.63, 3.8) is 0 Å². The highest BCUT2D eigenvalue weighted by molar-refractivity contribution is 5.48. The number of anilines is 1. The molecule has 0 unspecified atom stereocenters. The molecule has 0 amide bonds. The first-order chi connectivity index (χ1) is 17.0. The molecule has 0 aliphatic carbocycles. The van der Waals surface area contributed by atoms with Gasteiger partial charge in [0, 0.05) is 25.2 Å². The fourth-order valence-electron chi connectivity index (χ4n) is 4.11. The molecular formula is C23H21F5N4O4. The molecule has 0 spiro atoms. The lowest BCUT2D eigenvalue weighted by molar-refractivity contribution is -0.0924. The molecule has 1 aromatic carbocycles. The Hall–Kier alpha value is -3.74. The number of aliphatic imine (C=N–C) groups is 1. The summed E-state index contributed by atoms with van der Waals surface area (Å²) in [5.41, 5.74) is -1.92. The molecule has 1 aromatic heterocycles. The lowest BCUT2D eigenvalue weighted by Gasteiger charge is -2.17. The smallest absolute Gasteiger partial charge is 0.433 e. The van der Waals surface area contributed by atoms with Gasteiger partial charge in [0.1, 0.15) is 23.9 Å². The van der Waals surface area contributed by atoms with Gasteiger partial charge >= 0.3 is 11.9 Å². The average Bonchev–Trinajstić information content (AvgIpc) is 3.33. The molecule has 0 radical (unpaired) electrons. The molecule has 2 aromatic rings. The zero-order valence-electron chi connectivity index (χ0n) is 18.9. The van der Waals surface area contributed by atoms with Crippen LogP contribution in [-0.4, -0.2) is 46.2 Å². The third-order valence-electron chi connectivity index (χ3n) is 5.73. The minimum Gasteiger partial charge on any atom is -0.473 e. The molecule has 1 N–H and O–H groups in total. The molecule has 0 bridgehead atoms. The number of fused-ring (bicyclic) bond motifs is 3. The fourth-order valence-corrected chi connectivity index (χ4v) is 4.11. The summed E-state index contributed by atoms with van der Waals surface area (Å²) >= 11 is 0. The van der Waals surface area contributed by atoms with Crippen molar-refractivity contribution in [1.29, 1.82) is 0 Å². The molecule has 1 fully saturated rings. The summed E-state index contributed by atoms with van der Waals surface area (Å²) in [5, 5.41) is 9.87. The van der Waals surface area contributed by atoms with E-state index in [1.165, 1.54) is 17.6 Å². The van der Waals surface area contributed by atoms with E-state index in [-0.39, 0.29) is 24.1 Å². The first-order valence-electron chi connectivity index (χ1n) is 10.8. The van der Waals surface area contributed by atoms with Crippen molar-refractivity contribution in [2.75, 3.05) is 11.4 Å². The van der Waals surface area contributed by atoms with E-state index in [9.17, 15) is 31.9 Å². The van der Waals surface area contributed by atoms with Crippen LogP contribution in [0.25, 0.3) is 0 Å². The van der Waals surface area contributed by atoms with Crippen LogP contribution in [0.2, 0.25) is 0 Å². The second-order valence-corrected chi connectivity index (χ2v) is 8.20. The van der Waals surface area contributed by atoms with Crippen LogP contribution in [0.4, 0.5) is 27.8 Å². The van der Waals surface area contributed by atoms with Crippen molar-refractivity contribution < 1.29 is 36.5 Å². The molecule has 13 heteroatoms. The molecule has 4 rings (SSSR count). The first-order valence-corrected chi connectivity index (χ1v) is 10.8. The molecule has 8 nitrogen and oxygen atoms in total. The van der Waals surface area contributed by atoms with Gasteiger partial charge in [-0.15, -0.1) is 0 Å². The van der Waals surface area contributed by atoms with Crippen LogP contribution in [0.5, 0.6) is 11.6 Å². The van der Waals surface area contributed by atoms with Gasteiger partial charge in [0.2, 0.25) is 5.88 Å². The van der Waals surface area contributed by atoms with Crippen LogP contribution in [-0.2, 0) is 13.2 Å². The van der Waals surface area contributed by atoms with Crippen LogP contribution in [0.3, 0.4) is 0 Å². The second-order valence-electron chi connectivity index (χ2n) is 8.20. The van der Waals surface area contributed by atoms with E-state index in [4.69, 9.17) is 9.47 Å². The van der Waals surface area contributed by atoms with Crippen LogP contribution in [0, 0.1) is 11.6 Å². The number of hydrogen-bond acceptors (Lipinski definition) is 7. The van der Waals surface area contributed by atoms with E-state index in [0.29, 0.717) is 31.4 Å². The Bertz CT molecular complexity index is 1280. The molecule has 1 saturated heterocycles. The zero-order valence-corrected chi connectivity index (χ0v) is 18.9. The summed E-state index contributed by atoms with van der Waals surface area (Å²) in [6, 6.07) is 3.27. The Morgan fingerprint density at radius 3 is 2.58 bits per heavy atom. The Morgan fingerprint density at radius 1 is 1.28 bits per heavy atom. The summed E-state index contributed by atoms with van der Waals surface area (Å²) in [7, 11) is 0. The minimum atomic E-state index is -4.83. The molecule has 2 atom stereocenters. The predicted molar refractivity (Wildman–Crippen MR) is 119 cm³/mol. The SMILES string of the molecule is C=N/C(=C\C(=C/C)Oc1c(F)cc(COc2cc3n(c(=O)n2)C[C@@H]2C[C@H](O)CN32)cc1F)C(F)(F)F. The standard InChI is InChI=1S/C23H21F5N4O4/c1-3-15(7-18(29-2)23(26,27)28)36-21-16(24)4-12(5-17(21)25)11-35-19-8-20-31-10-14(33)6-13(31)9-32(20)22(34)30-19/h3-5,7-8,13-14,33H,2,6,9-11H2,1H3/b15-3+,18-7-/t13-,14-/m0/s1. The molecule has 36 heavy (non-hydrogen) atoms. The van der Waals surface area contributed by atoms with Gasteiger partial charge < -0.3 is 19.5 Å². The van der Waals surface area contributed by atoms with Crippen LogP contribution in [0.15, 0.2) is 51.6 Å². The van der Waals surface area contributed by atoms with Crippen molar-refractivity contribution in [2.45, 2.75) is 44.8 Å². The lowest BCUT2D eigenvalue weighted by atomic mass is 10.2. The number of aliphatic hydroxyl groups is 1. The van der Waals surface area contributed by atoms with Gasteiger partial charge in [-0.2, -0.15) is 18.2 Å². The topological polar surface area (TPSA) is 89.2 Å². The van der Waals surface area contributed by atoms with E-state index in [2.05, 4.69) is 16.7 Å². The first kappa shape index (κ1) is 25.4. The lowest BCUT2D eigenvalue weighted by Crippen LogP contribution is -2.25. The number of halogens is 5. The van der Waals surface area contributed by atoms with Crippen LogP contribution < -0.4 is 20.1 Å². The van der Waals surface area contributed by atoms with Gasteiger partial charge in [-0.3, -0.25) is 9.56 Å². The summed E-state index contributed by atoms with van der Waals surface area (Å²) in [5.74, 6) is -3.31. The minimum absolute atomic E-state index is 0.0214. The number of ether oxygens (including phenoxy) is 2. The van der Waals surface area contributed by atoms with Gasteiger partial charge in [-0.1, -0.05) is 0 Å². The maximum Gasteiger partial charge on any atom is 0.433 e. The summed E-state index contributed by atoms with van der Waals surface area (Å²) in [4.78, 5) is 20.9.